The highest BCUT2D eigenvalue weighted by Gasteiger charge is 2.28. The molecule has 3 nitrogen and oxygen atoms in total. The average molecular weight is 253 g/mol. The maximum atomic E-state index is 11.9. The van der Waals surface area contributed by atoms with E-state index in [0.29, 0.717) is 28.7 Å². The van der Waals surface area contributed by atoms with Gasteiger partial charge < -0.3 is 11.1 Å². The molecule has 1 fully saturated rings. The summed E-state index contributed by atoms with van der Waals surface area (Å²) in [5.74, 6) is 1.18. The van der Waals surface area contributed by atoms with Crippen LogP contribution in [0.3, 0.4) is 0 Å². The molecule has 1 aromatic carbocycles. The average Bonchev–Trinajstić information content (AvgIpc) is 3.12. The maximum absolute atomic E-state index is 11.9. The molecule has 92 valence electrons. The summed E-state index contributed by atoms with van der Waals surface area (Å²) in [4.78, 5) is 11.9. The van der Waals surface area contributed by atoms with Crippen LogP contribution in [-0.2, 0) is 0 Å². The summed E-state index contributed by atoms with van der Waals surface area (Å²) < 4.78 is 0. The molecular weight excluding hydrogens is 236 g/mol. The predicted molar refractivity (Wildman–Crippen MR) is 70.1 cm³/mol. The van der Waals surface area contributed by atoms with Crippen molar-refractivity contribution in [2.75, 3.05) is 12.3 Å². The molecular formula is C13H17ClN2O. The lowest BCUT2D eigenvalue weighted by atomic mass is 10.1. The molecule has 17 heavy (non-hydrogen) atoms. The van der Waals surface area contributed by atoms with Crippen LogP contribution in [0.5, 0.6) is 0 Å². The molecule has 0 bridgehead atoms. The second kappa shape index (κ2) is 4.96. The quantitative estimate of drug-likeness (QED) is 0.810. The Morgan fingerprint density at radius 3 is 2.94 bits per heavy atom. The molecule has 1 saturated carbocycles. The van der Waals surface area contributed by atoms with Gasteiger partial charge in [-0.1, -0.05) is 18.5 Å². The lowest BCUT2D eigenvalue weighted by Gasteiger charge is -2.12. The molecule has 2 rings (SSSR count). The van der Waals surface area contributed by atoms with Crippen LogP contribution < -0.4 is 11.1 Å². The second-order valence-electron chi connectivity index (χ2n) is 4.76. The molecule has 1 aliphatic carbocycles. The monoisotopic (exact) mass is 252 g/mol. The van der Waals surface area contributed by atoms with E-state index in [1.54, 1.807) is 18.2 Å². The van der Waals surface area contributed by atoms with Crippen molar-refractivity contribution in [1.29, 1.82) is 0 Å². The highest BCUT2D eigenvalue weighted by molar-refractivity contribution is 6.34. The Kier molecular flexibility index (Phi) is 3.57. The van der Waals surface area contributed by atoms with Gasteiger partial charge in [-0.25, -0.2) is 0 Å². The van der Waals surface area contributed by atoms with Crippen LogP contribution in [0, 0.1) is 11.8 Å². The molecule has 3 N–H and O–H groups in total. The van der Waals surface area contributed by atoms with Gasteiger partial charge in [0.2, 0.25) is 0 Å². The fraction of sp³-hybridized carbons (Fsp3) is 0.462. The third-order valence-corrected chi connectivity index (χ3v) is 3.58. The van der Waals surface area contributed by atoms with Crippen molar-refractivity contribution < 1.29 is 4.79 Å². The van der Waals surface area contributed by atoms with Gasteiger partial charge in [0, 0.05) is 12.2 Å². The number of hydrogen-bond donors (Lipinski definition) is 2. The number of nitrogens with one attached hydrogen (secondary N) is 1. The number of rotatable bonds is 4. The molecule has 1 unspecified atom stereocenters. The van der Waals surface area contributed by atoms with Gasteiger partial charge in [0.1, 0.15) is 0 Å². The molecule has 0 saturated heterocycles. The van der Waals surface area contributed by atoms with Crippen molar-refractivity contribution in [3.05, 3.63) is 28.8 Å². The molecule has 0 radical (unpaired) electrons. The first-order valence-corrected chi connectivity index (χ1v) is 6.29. The molecule has 1 aliphatic rings. The molecule has 0 aromatic heterocycles. The van der Waals surface area contributed by atoms with Gasteiger partial charge >= 0.3 is 0 Å². The fourth-order valence-electron chi connectivity index (χ4n) is 1.90. The van der Waals surface area contributed by atoms with E-state index in [-0.39, 0.29) is 5.91 Å². The predicted octanol–water partition coefficient (Wildman–Crippen LogP) is 2.70. The minimum atomic E-state index is -0.144. The first kappa shape index (κ1) is 12.2. The Hall–Kier alpha value is -1.22. The van der Waals surface area contributed by atoms with Gasteiger partial charge in [-0.2, -0.15) is 0 Å². The number of carbonyl (C=O) groups excluding carboxylic acids is 1. The van der Waals surface area contributed by atoms with Gasteiger partial charge in [-0.15, -0.1) is 0 Å². The van der Waals surface area contributed by atoms with Crippen molar-refractivity contribution in [2.45, 2.75) is 19.8 Å². The van der Waals surface area contributed by atoms with E-state index in [1.807, 2.05) is 0 Å². The molecule has 4 heteroatoms. The van der Waals surface area contributed by atoms with Crippen molar-refractivity contribution >= 4 is 23.2 Å². The van der Waals surface area contributed by atoms with Crippen LogP contribution in [0.2, 0.25) is 5.02 Å². The molecule has 1 atom stereocenters. The third kappa shape index (κ3) is 3.13. The van der Waals surface area contributed by atoms with Gasteiger partial charge in [0.25, 0.3) is 5.91 Å². The normalized spacial score (nSPS) is 16.6. The van der Waals surface area contributed by atoms with E-state index in [4.69, 9.17) is 17.3 Å². The third-order valence-electron chi connectivity index (χ3n) is 3.25. The number of halogens is 1. The van der Waals surface area contributed by atoms with E-state index < -0.39 is 0 Å². The summed E-state index contributed by atoms with van der Waals surface area (Å²) in [5, 5.41) is 3.35. The highest BCUT2D eigenvalue weighted by atomic mass is 35.5. The smallest absolute Gasteiger partial charge is 0.252 e. The molecule has 1 amide bonds. The van der Waals surface area contributed by atoms with Gasteiger partial charge in [-0.05, 0) is 42.9 Å². The summed E-state index contributed by atoms with van der Waals surface area (Å²) in [6.45, 7) is 2.87. The van der Waals surface area contributed by atoms with Crippen molar-refractivity contribution in [2.24, 2.45) is 11.8 Å². The lowest BCUT2D eigenvalue weighted by molar-refractivity contribution is 0.0947. The maximum Gasteiger partial charge on any atom is 0.252 e. The zero-order valence-corrected chi connectivity index (χ0v) is 10.6. The number of nitrogens with two attached hydrogens (primary N) is 1. The van der Waals surface area contributed by atoms with Crippen LogP contribution in [0.25, 0.3) is 0 Å². The van der Waals surface area contributed by atoms with Crippen LogP contribution in [0.4, 0.5) is 5.69 Å². The summed E-state index contributed by atoms with van der Waals surface area (Å²) in [7, 11) is 0. The summed E-state index contributed by atoms with van der Waals surface area (Å²) in [6, 6.07) is 4.95. The van der Waals surface area contributed by atoms with Crippen LogP contribution in [0.15, 0.2) is 18.2 Å². The summed E-state index contributed by atoms with van der Waals surface area (Å²) >= 11 is 5.96. The molecule has 0 aliphatic heterocycles. The Balaban J connectivity index is 1.96. The zero-order chi connectivity index (χ0) is 12.4. The number of hydrogen-bond acceptors (Lipinski definition) is 2. The van der Waals surface area contributed by atoms with E-state index >= 15 is 0 Å². The highest BCUT2D eigenvalue weighted by Crippen LogP contribution is 2.36. The largest absolute Gasteiger partial charge is 0.399 e. The fourth-order valence-corrected chi connectivity index (χ4v) is 2.10. The van der Waals surface area contributed by atoms with Crippen molar-refractivity contribution in [1.82, 2.24) is 5.32 Å². The van der Waals surface area contributed by atoms with Gasteiger partial charge in [-0.3, -0.25) is 4.79 Å². The second-order valence-corrected chi connectivity index (χ2v) is 5.17. The van der Waals surface area contributed by atoms with Crippen molar-refractivity contribution in [3.8, 4) is 0 Å². The SMILES string of the molecule is CC(CNC(=O)c1cc(N)ccc1Cl)C1CC1. The standard InChI is InChI=1S/C13H17ClN2O/c1-8(9-2-3-9)7-16-13(17)11-6-10(15)4-5-12(11)14/h4-6,8-9H,2-3,7,15H2,1H3,(H,16,17). The minimum absolute atomic E-state index is 0.144. The van der Waals surface area contributed by atoms with E-state index in [9.17, 15) is 4.79 Å². The van der Waals surface area contributed by atoms with E-state index in [0.717, 1.165) is 5.92 Å². The van der Waals surface area contributed by atoms with Crippen molar-refractivity contribution in [3.63, 3.8) is 0 Å². The summed E-state index contributed by atoms with van der Waals surface area (Å²) in [6.07, 6.45) is 2.58. The lowest BCUT2D eigenvalue weighted by Crippen LogP contribution is -2.29. The molecule has 1 aromatic rings. The van der Waals surface area contributed by atoms with Gasteiger partial charge in [0.05, 0.1) is 10.6 Å². The first-order chi connectivity index (χ1) is 8.08. The van der Waals surface area contributed by atoms with E-state index in [1.165, 1.54) is 12.8 Å². The summed E-state index contributed by atoms with van der Waals surface area (Å²) in [5.41, 5.74) is 6.64. The van der Waals surface area contributed by atoms with Crippen LogP contribution in [-0.4, -0.2) is 12.5 Å². The van der Waals surface area contributed by atoms with Crippen LogP contribution >= 0.6 is 11.6 Å². The Morgan fingerprint density at radius 1 is 1.59 bits per heavy atom. The first-order valence-electron chi connectivity index (χ1n) is 5.91. The number of carbonyl (C=O) groups is 1. The Labute approximate surface area is 106 Å². The number of nitrogen functional groups attached to an aromatic ring is 1. The molecule has 0 heterocycles. The zero-order valence-electron chi connectivity index (χ0n) is 9.87. The van der Waals surface area contributed by atoms with E-state index in [2.05, 4.69) is 12.2 Å². The number of benzene rings is 1. The Morgan fingerprint density at radius 2 is 2.29 bits per heavy atom. The Bertz CT molecular complexity index is 429. The minimum Gasteiger partial charge on any atom is -0.399 e. The van der Waals surface area contributed by atoms with Crippen LogP contribution in [0.1, 0.15) is 30.1 Å². The number of amides is 1. The topological polar surface area (TPSA) is 55.1 Å². The van der Waals surface area contributed by atoms with Gasteiger partial charge in [0.15, 0.2) is 0 Å². The molecule has 0 spiro atoms. The number of anilines is 1.